The monoisotopic (exact) mass is 256 g/mol. The van der Waals surface area contributed by atoms with Crippen LogP contribution in [0.1, 0.15) is 6.92 Å². The van der Waals surface area contributed by atoms with E-state index in [-0.39, 0.29) is 12.2 Å². The van der Waals surface area contributed by atoms with Gasteiger partial charge in [0, 0.05) is 18.4 Å². The quantitative estimate of drug-likeness (QED) is 0.328. The molecule has 1 aliphatic rings. The standard InChI is InChI=1S/C15H16N2O2/c1-3-10-17-11-6-5-7-14(17)9-8-13(12-16)15(18)19-4-2/h3,5-9,11H,1,4,10H2,2H3/b13-8+,14-9-. The molecule has 4 heteroatoms. The predicted molar refractivity (Wildman–Crippen MR) is 73.6 cm³/mol. The Morgan fingerprint density at radius 1 is 1.58 bits per heavy atom. The van der Waals surface area contributed by atoms with Crippen molar-refractivity contribution in [1.82, 2.24) is 4.90 Å². The summed E-state index contributed by atoms with van der Waals surface area (Å²) in [7, 11) is 0. The normalized spacial score (nSPS) is 16.3. The third-order valence-electron chi connectivity index (χ3n) is 2.34. The molecule has 0 N–H and O–H groups in total. The molecule has 0 aromatic rings. The van der Waals surface area contributed by atoms with Gasteiger partial charge in [-0.05, 0) is 31.2 Å². The zero-order valence-electron chi connectivity index (χ0n) is 10.9. The first-order valence-corrected chi connectivity index (χ1v) is 5.94. The second-order valence-electron chi connectivity index (χ2n) is 3.65. The molecule has 0 aromatic heterocycles. The molecule has 4 nitrogen and oxygen atoms in total. The first kappa shape index (κ1) is 14.5. The molecule has 0 amide bonds. The molecule has 1 rings (SSSR count). The maximum Gasteiger partial charge on any atom is 0.348 e. The van der Waals surface area contributed by atoms with Crippen molar-refractivity contribution in [2.45, 2.75) is 6.92 Å². The van der Waals surface area contributed by atoms with Crippen LogP contribution in [0.25, 0.3) is 0 Å². The number of hydrogen-bond donors (Lipinski definition) is 0. The number of rotatable bonds is 5. The van der Waals surface area contributed by atoms with Gasteiger partial charge in [0.2, 0.25) is 0 Å². The van der Waals surface area contributed by atoms with E-state index in [4.69, 9.17) is 10.00 Å². The Hall–Kier alpha value is -2.54. The third-order valence-corrected chi connectivity index (χ3v) is 2.34. The van der Waals surface area contributed by atoms with E-state index in [1.165, 1.54) is 6.08 Å². The van der Waals surface area contributed by atoms with Crippen molar-refractivity contribution >= 4 is 5.97 Å². The maximum absolute atomic E-state index is 11.5. The highest BCUT2D eigenvalue weighted by Gasteiger charge is 2.09. The number of nitrogens with zero attached hydrogens (tertiary/aromatic N) is 2. The molecule has 0 saturated heterocycles. The molecule has 0 atom stereocenters. The lowest BCUT2D eigenvalue weighted by molar-refractivity contribution is -0.138. The van der Waals surface area contributed by atoms with Crippen LogP contribution in [0.15, 0.2) is 60.5 Å². The number of carbonyl (C=O) groups excluding carboxylic acids is 1. The van der Waals surface area contributed by atoms with Gasteiger partial charge in [-0.2, -0.15) is 5.26 Å². The molecule has 98 valence electrons. The SMILES string of the molecule is C=CCN1C=CC=C/C1=C/C=C(\C#N)C(=O)OCC. The van der Waals surface area contributed by atoms with E-state index in [0.29, 0.717) is 6.54 Å². The third kappa shape index (κ3) is 4.32. The van der Waals surface area contributed by atoms with Gasteiger partial charge in [0.1, 0.15) is 11.6 Å². The van der Waals surface area contributed by atoms with E-state index in [2.05, 4.69) is 6.58 Å². The van der Waals surface area contributed by atoms with Gasteiger partial charge >= 0.3 is 5.97 Å². The summed E-state index contributed by atoms with van der Waals surface area (Å²) in [5.74, 6) is -0.604. The molecule has 0 radical (unpaired) electrons. The number of nitriles is 1. The minimum atomic E-state index is -0.604. The van der Waals surface area contributed by atoms with Crippen LogP contribution >= 0.6 is 0 Å². The van der Waals surface area contributed by atoms with Crippen LogP contribution in [0.5, 0.6) is 0 Å². The number of carbonyl (C=O) groups is 1. The summed E-state index contributed by atoms with van der Waals surface area (Å²) in [5.41, 5.74) is 0.857. The molecule has 0 unspecified atom stereocenters. The number of hydrogen-bond acceptors (Lipinski definition) is 4. The van der Waals surface area contributed by atoms with Gasteiger partial charge in [0.05, 0.1) is 6.61 Å². The van der Waals surface area contributed by atoms with Crippen molar-refractivity contribution in [1.29, 1.82) is 5.26 Å². The van der Waals surface area contributed by atoms with Crippen molar-refractivity contribution in [2.75, 3.05) is 13.2 Å². The topological polar surface area (TPSA) is 53.3 Å². The first-order chi connectivity index (χ1) is 9.22. The van der Waals surface area contributed by atoms with E-state index >= 15 is 0 Å². The molecule has 0 fully saturated rings. The lowest BCUT2D eigenvalue weighted by Gasteiger charge is -2.21. The van der Waals surface area contributed by atoms with Crippen LogP contribution in [0.4, 0.5) is 0 Å². The van der Waals surface area contributed by atoms with Crippen LogP contribution < -0.4 is 0 Å². The van der Waals surface area contributed by atoms with Crippen LogP contribution in [-0.2, 0) is 9.53 Å². The fraction of sp³-hybridized carbons (Fsp3) is 0.200. The average molecular weight is 256 g/mol. The van der Waals surface area contributed by atoms with Gasteiger partial charge in [-0.15, -0.1) is 6.58 Å². The van der Waals surface area contributed by atoms with Gasteiger partial charge in [0.15, 0.2) is 0 Å². The second-order valence-corrected chi connectivity index (χ2v) is 3.65. The van der Waals surface area contributed by atoms with Crippen molar-refractivity contribution < 1.29 is 9.53 Å². The maximum atomic E-state index is 11.5. The van der Waals surface area contributed by atoms with E-state index < -0.39 is 5.97 Å². The van der Waals surface area contributed by atoms with Crippen molar-refractivity contribution in [2.24, 2.45) is 0 Å². The van der Waals surface area contributed by atoms with E-state index in [1.54, 1.807) is 19.1 Å². The molecule has 1 heterocycles. The van der Waals surface area contributed by atoms with E-state index in [0.717, 1.165) is 5.70 Å². The molecule has 0 bridgehead atoms. The summed E-state index contributed by atoms with van der Waals surface area (Å²) in [6.45, 7) is 6.29. The van der Waals surface area contributed by atoms with E-state index in [1.807, 2.05) is 35.4 Å². The second kappa shape index (κ2) is 7.72. The lowest BCUT2D eigenvalue weighted by Crippen LogP contribution is -2.16. The molecule has 0 aliphatic carbocycles. The largest absolute Gasteiger partial charge is 0.462 e. The van der Waals surface area contributed by atoms with E-state index in [9.17, 15) is 4.79 Å². The number of allylic oxidation sites excluding steroid dienone is 5. The van der Waals surface area contributed by atoms with Crippen LogP contribution in [0.2, 0.25) is 0 Å². The minimum absolute atomic E-state index is 0.0177. The molecular formula is C15H16N2O2. The van der Waals surface area contributed by atoms with Gasteiger partial charge in [0.25, 0.3) is 0 Å². The first-order valence-electron chi connectivity index (χ1n) is 5.94. The number of esters is 1. The fourth-order valence-electron chi connectivity index (χ4n) is 1.47. The molecule has 1 aliphatic heterocycles. The Morgan fingerprint density at radius 3 is 3.00 bits per heavy atom. The summed E-state index contributed by atoms with van der Waals surface area (Å²) >= 11 is 0. The Morgan fingerprint density at radius 2 is 2.37 bits per heavy atom. The zero-order valence-corrected chi connectivity index (χ0v) is 10.9. The molecule has 19 heavy (non-hydrogen) atoms. The van der Waals surface area contributed by atoms with Gasteiger partial charge in [-0.1, -0.05) is 12.2 Å². The van der Waals surface area contributed by atoms with Crippen LogP contribution in [0.3, 0.4) is 0 Å². The molecular weight excluding hydrogens is 240 g/mol. The lowest BCUT2D eigenvalue weighted by atomic mass is 10.2. The van der Waals surface area contributed by atoms with Crippen molar-refractivity contribution in [3.05, 3.63) is 60.5 Å². The smallest absolute Gasteiger partial charge is 0.348 e. The molecule has 0 saturated carbocycles. The molecule has 0 aromatic carbocycles. The summed E-state index contributed by atoms with van der Waals surface area (Å²) in [6.07, 6.45) is 12.5. The highest BCUT2D eigenvalue weighted by Crippen LogP contribution is 2.13. The summed E-state index contributed by atoms with van der Waals surface area (Å²) in [4.78, 5) is 13.4. The zero-order chi connectivity index (χ0) is 14.1. The highest BCUT2D eigenvalue weighted by atomic mass is 16.5. The Labute approximate surface area is 113 Å². The minimum Gasteiger partial charge on any atom is -0.462 e. The van der Waals surface area contributed by atoms with Crippen LogP contribution in [-0.4, -0.2) is 24.0 Å². The highest BCUT2D eigenvalue weighted by molar-refractivity contribution is 5.93. The van der Waals surface area contributed by atoms with Crippen molar-refractivity contribution in [3.8, 4) is 6.07 Å². The molecule has 0 spiro atoms. The van der Waals surface area contributed by atoms with Gasteiger partial charge in [-0.3, -0.25) is 0 Å². The summed E-state index contributed by atoms with van der Waals surface area (Å²) < 4.78 is 4.79. The summed E-state index contributed by atoms with van der Waals surface area (Å²) in [5, 5.41) is 8.91. The van der Waals surface area contributed by atoms with Crippen LogP contribution in [0, 0.1) is 11.3 Å². The average Bonchev–Trinajstić information content (AvgIpc) is 2.42. The van der Waals surface area contributed by atoms with Gasteiger partial charge in [-0.25, -0.2) is 4.79 Å². The Balaban J connectivity index is 2.90. The number of ether oxygens (including phenoxy) is 1. The Kier molecular flexibility index (Phi) is 5.90. The summed E-state index contributed by atoms with van der Waals surface area (Å²) in [6, 6.07) is 1.83. The van der Waals surface area contributed by atoms with Gasteiger partial charge < -0.3 is 9.64 Å². The Bertz CT molecular complexity index is 505. The van der Waals surface area contributed by atoms with Crippen molar-refractivity contribution in [3.63, 3.8) is 0 Å². The predicted octanol–water partition coefficient (Wildman–Crippen LogP) is 2.45. The fourth-order valence-corrected chi connectivity index (χ4v) is 1.47.